The van der Waals surface area contributed by atoms with Crippen LogP contribution in [0.1, 0.15) is 21.8 Å². The number of aromatic amines is 1. The second-order valence-corrected chi connectivity index (χ2v) is 9.52. The molecular formula is C21H15BrCl2N2OS. The maximum absolute atomic E-state index is 13.0. The van der Waals surface area contributed by atoms with Crippen LogP contribution in [0.2, 0.25) is 10.0 Å². The fourth-order valence-electron chi connectivity index (χ4n) is 3.25. The number of benzene rings is 2. The summed E-state index contributed by atoms with van der Waals surface area (Å²) in [6, 6.07) is 11.4. The van der Waals surface area contributed by atoms with Gasteiger partial charge in [-0.2, -0.15) is 0 Å². The van der Waals surface area contributed by atoms with Crippen molar-refractivity contribution in [2.45, 2.75) is 20.3 Å². The second-order valence-electron chi connectivity index (χ2n) is 6.62. The summed E-state index contributed by atoms with van der Waals surface area (Å²) in [5.74, 6) is 0.581. The van der Waals surface area contributed by atoms with Crippen molar-refractivity contribution in [2.75, 3.05) is 0 Å². The van der Waals surface area contributed by atoms with Crippen molar-refractivity contribution in [1.29, 1.82) is 0 Å². The number of fused-ring (bicyclic) bond motifs is 1. The van der Waals surface area contributed by atoms with Crippen LogP contribution < -0.4 is 5.56 Å². The number of hydrogen-bond acceptors (Lipinski definition) is 3. The Morgan fingerprint density at radius 2 is 1.93 bits per heavy atom. The molecule has 1 N–H and O–H groups in total. The summed E-state index contributed by atoms with van der Waals surface area (Å²) >= 11 is 17.4. The first-order valence-electron chi connectivity index (χ1n) is 8.56. The third-order valence-corrected chi connectivity index (χ3v) is 6.83. The van der Waals surface area contributed by atoms with E-state index in [4.69, 9.17) is 28.2 Å². The molecule has 0 saturated carbocycles. The van der Waals surface area contributed by atoms with Gasteiger partial charge in [-0.25, -0.2) is 4.98 Å². The molecule has 28 heavy (non-hydrogen) atoms. The molecule has 4 aromatic rings. The Morgan fingerprint density at radius 3 is 2.68 bits per heavy atom. The van der Waals surface area contributed by atoms with Gasteiger partial charge in [0.15, 0.2) is 0 Å². The van der Waals surface area contributed by atoms with Gasteiger partial charge in [-0.15, -0.1) is 11.3 Å². The van der Waals surface area contributed by atoms with Gasteiger partial charge < -0.3 is 4.98 Å². The van der Waals surface area contributed by atoms with Crippen molar-refractivity contribution in [3.63, 3.8) is 0 Å². The Hall–Kier alpha value is -1.66. The predicted octanol–water partition coefficient (Wildman–Crippen LogP) is 6.93. The van der Waals surface area contributed by atoms with Gasteiger partial charge in [0.2, 0.25) is 0 Å². The number of rotatable bonds is 3. The lowest BCUT2D eigenvalue weighted by Gasteiger charge is -2.07. The van der Waals surface area contributed by atoms with Gasteiger partial charge in [-0.3, -0.25) is 4.79 Å². The third kappa shape index (κ3) is 3.64. The van der Waals surface area contributed by atoms with Crippen molar-refractivity contribution < 1.29 is 0 Å². The number of thiophene rings is 1. The summed E-state index contributed by atoms with van der Waals surface area (Å²) in [7, 11) is 0. The Kier molecular flexibility index (Phi) is 5.36. The van der Waals surface area contributed by atoms with Crippen LogP contribution in [0.3, 0.4) is 0 Å². The summed E-state index contributed by atoms with van der Waals surface area (Å²) in [5.41, 5.74) is 3.79. The first-order chi connectivity index (χ1) is 13.3. The summed E-state index contributed by atoms with van der Waals surface area (Å²) in [5, 5.41) is 1.76. The van der Waals surface area contributed by atoms with Gasteiger partial charge >= 0.3 is 0 Å². The van der Waals surface area contributed by atoms with E-state index >= 15 is 0 Å². The molecule has 0 unspecified atom stereocenters. The van der Waals surface area contributed by atoms with Crippen LogP contribution in [-0.2, 0) is 6.42 Å². The van der Waals surface area contributed by atoms with Crippen molar-refractivity contribution in [3.8, 4) is 11.1 Å². The highest BCUT2D eigenvalue weighted by atomic mass is 79.9. The zero-order valence-electron chi connectivity index (χ0n) is 15.1. The van der Waals surface area contributed by atoms with Crippen molar-refractivity contribution in [1.82, 2.24) is 9.97 Å². The molecular weight excluding hydrogens is 479 g/mol. The predicted molar refractivity (Wildman–Crippen MR) is 122 cm³/mol. The highest BCUT2D eigenvalue weighted by molar-refractivity contribution is 9.10. The molecule has 0 atom stereocenters. The van der Waals surface area contributed by atoms with Crippen molar-refractivity contribution in [2.24, 2.45) is 0 Å². The quantitative estimate of drug-likeness (QED) is 0.336. The summed E-state index contributed by atoms with van der Waals surface area (Å²) < 4.78 is 0.956. The summed E-state index contributed by atoms with van der Waals surface area (Å²) in [6.07, 6.45) is 0.432. The Balaban J connectivity index is 1.85. The normalized spacial score (nSPS) is 11.3. The average Bonchev–Trinajstić information content (AvgIpc) is 2.96. The van der Waals surface area contributed by atoms with Gasteiger partial charge in [0.1, 0.15) is 10.7 Å². The molecule has 4 rings (SSSR count). The van der Waals surface area contributed by atoms with Crippen molar-refractivity contribution in [3.05, 3.63) is 83.1 Å². The molecule has 2 aromatic carbocycles. The highest BCUT2D eigenvalue weighted by Crippen LogP contribution is 2.39. The van der Waals surface area contributed by atoms with Gasteiger partial charge in [0.25, 0.3) is 5.56 Å². The molecule has 2 aromatic heterocycles. The summed E-state index contributed by atoms with van der Waals surface area (Å²) in [6.45, 7) is 4.06. The lowest BCUT2D eigenvalue weighted by Crippen LogP contribution is -2.12. The largest absolute Gasteiger partial charge is 0.310 e. The molecule has 0 amide bonds. The number of hydrogen-bond donors (Lipinski definition) is 1. The van der Waals surface area contributed by atoms with Crippen LogP contribution in [-0.4, -0.2) is 9.97 Å². The molecule has 0 aliphatic rings. The number of H-pyrrole nitrogens is 1. The maximum atomic E-state index is 13.0. The van der Waals surface area contributed by atoms with E-state index in [2.05, 4.69) is 27.0 Å². The molecule has 0 fully saturated rings. The van der Waals surface area contributed by atoms with Gasteiger partial charge in [-0.05, 0) is 43.2 Å². The van der Waals surface area contributed by atoms with E-state index in [0.29, 0.717) is 27.7 Å². The van der Waals surface area contributed by atoms with Crippen LogP contribution in [0.25, 0.3) is 21.3 Å². The third-order valence-electron chi connectivity index (χ3n) is 4.55. The van der Waals surface area contributed by atoms with Crippen LogP contribution >= 0.6 is 50.5 Å². The smallest absolute Gasteiger partial charge is 0.260 e. The van der Waals surface area contributed by atoms with Crippen molar-refractivity contribution >= 4 is 60.7 Å². The van der Waals surface area contributed by atoms with Crippen LogP contribution in [0.4, 0.5) is 0 Å². The van der Waals surface area contributed by atoms with E-state index in [1.807, 2.05) is 32.0 Å². The SMILES string of the molecule is Cc1ccc(Br)c(-c2c(C)sc3nc(Cc4ccc(Cl)cc4Cl)[nH]c(=O)c23)c1. The number of nitrogens with zero attached hydrogens (tertiary/aromatic N) is 1. The first kappa shape index (κ1) is 19.6. The Morgan fingerprint density at radius 1 is 1.14 bits per heavy atom. The minimum Gasteiger partial charge on any atom is -0.310 e. The average molecular weight is 494 g/mol. The molecule has 0 saturated heterocycles. The minimum atomic E-state index is -0.141. The zero-order valence-corrected chi connectivity index (χ0v) is 19.0. The van der Waals surface area contributed by atoms with E-state index in [9.17, 15) is 4.79 Å². The maximum Gasteiger partial charge on any atom is 0.260 e. The molecule has 7 heteroatoms. The Bertz CT molecular complexity index is 1280. The number of aromatic nitrogens is 2. The standard InChI is InChI=1S/C21H15BrCl2N2OS/c1-10-3-6-15(22)14(7-10)18-11(2)28-21-19(18)20(27)25-17(26-21)8-12-4-5-13(23)9-16(12)24/h3-7,9H,8H2,1-2H3,(H,25,26,27). The summed E-state index contributed by atoms with van der Waals surface area (Å²) in [4.78, 5) is 22.4. The molecule has 0 radical (unpaired) electrons. The van der Waals surface area contributed by atoms with E-state index in [1.54, 1.807) is 12.1 Å². The molecule has 0 bridgehead atoms. The molecule has 3 nitrogen and oxygen atoms in total. The fourth-order valence-corrected chi connectivity index (χ4v) is 5.22. The molecule has 0 aliphatic carbocycles. The topological polar surface area (TPSA) is 45.8 Å². The van der Waals surface area contributed by atoms with E-state index in [1.165, 1.54) is 11.3 Å². The monoisotopic (exact) mass is 492 g/mol. The van der Waals surface area contributed by atoms with Crippen LogP contribution in [0.5, 0.6) is 0 Å². The first-order valence-corrected chi connectivity index (χ1v) is 10.9. The number of nitrogens with one attached hydrogen (secondary N) is 1. The zero-order chi connectivity index (χ0) is 20.0. The second kappa shape index (κ2) is 7.64. The number of halogens is 3. The minimum absolute atomic E-state index is 0.141. The van der Waals surface area contributed by atoms with Crippen LogP contribution in [0.15, 0.2) is 45.7 Å². The van der Waals surface area contributed by atoms with Gasteiger partial charge in [-0.1, -0.05) is 62.9 Å². The number of aryl methyl sites for hydroxylation is 2. The van der Waals surface area contributed by atoms with Gasteiger partial charge in [0, 0.05) is 31.4 Å². The molecule has 2 heterocycles. The van der Waals surface area contributed by atoms with E-state index in [-0.39, 0.29) is 5.56 Å². The van der Waals surface area contributed by atoms with Gasteiger partial charge in [0.05, 0.1) is 5.39 Å². The molecule has 142 valence electrons. The van der Waals surface area contributed by atoms with E-state index in [0.717, 1.165) is 36.4 Å². The highest BCUT2D eigenvalue weighted by Gasteiger charge is 2.19. The fraction of sp³-hybridized carbons (Fsp3) is 0.143. The van der Waals surface area contributed by atoms with Crippen LogP contribution in [0, 0.1) is 13.8 Å². The van der Waals surface area contributed by atoms with E-state index < -0.39 is 0 Å². The lowest BCUT2D eigenvalue weighted by atomic mass is 10.0. The molecule has 0 aliphatic heterocycles. The molecule has 0 spiro atoms. The lowest BCUT2D eigenvalue weighted by molar-refractivity contribution is 0.977. The Labute approximate surface area is 184 Å².